The van der Waals surface area contributed by atoms with E-state index in [9.17, 15) is 14.4 Å². The summed E-state index contributed by atoms with van der Waals surface area (Å²) in [6.45, 7) is 5.74. The third-order valence-corrected chi connectivity index (χ3v) is 5.48. The zero-order chi connectivity index (χ0) is 23.8. The molecular weight excluding hydrogens is 444 g/mol. The first kappa shape index (κ1) is 24.2. The molecule has 2 heterocycles. The Hall–Kier alpha value is -3.47. The number of carbonyl (C=O) groups excluding carboxylic acids is 3. The van der Waals surface area contributed by atoms with Gasteiger partial charge in [0.1, 0.15) is 0 Å². The largest absolute Gasteiger partial charge is 0.452 e. The summed E-state index contributed by atoms with van der Waals surface area (Å²) in [5.41, 5.74) is 2.83. The van der Waals surface area contributed by atoms with Crippen molar-refractivity contribution in [3.8, 4) is 0 Å². The average molecular weight is 471 g/mol. The molecule has 33 heavy (non-hydrogen) atoms. The van der Waals surface area contributed by atoms with Gasteiger partial charge in [-0.1, -0.05) is 43.3 Å². The molecule has 0 spiro atoms. The van der Waals surface area contributed by atoms with E-state index in [0.29, 0.717) is 34.4 Å². The highest BCUT2D eigenvalue weighted by Gasteiger charge is 2.16. The van der Waals surface area contributed by atoms with Crippen molar-refractivity contribution in [3.05, 3.63) is 52.8 Å². The van der Waals surface area contributed by atoms with Crippen molar-refractivity contribution in [1.29, 1.82) is 0 Å². The van der Waals surface area contributed by atoms with E-state index in [1.165, 1.54) is 11.8 Å². The van der Waals surface area contributed by atoms with Gasteiger partial charge >= 0.3 is 12.0 Å². The number of nitrogens with zero attached hydrogens (tertiary/aromatic N) is 4. The van der Waals surface area contributed by atoms with Crippen molar-refractivity contribution in [2.24, 2.45) is 0 Å². The maximum absolute atomic E-state index is 12.5. The lowest BCUT2D eigenvalue weighted by Gasteiger charge is -2.09. The molecule has 1 aromatic carbocycles. The third kappa shape index (κ3) is 6.75. The van der Waals surface area contributed by atoms with Gasteiger partial charge in [0, 0.05) is 23.7 Å². The van der Waals surface area contributed by atoms with E-state index in [4.69, 9.17) is 4.74 Å². The fourth-order valence-corrected chi connectivity index (χ4v) is 3.81. The first-order valence-corrected chi connectivity index (χ1v) is 11.5. The number of nitrogens with one attached hydrogen (secondary N) is 2. The molecule has 0 aliphatic heterocycles. The molecule has 3 rings (SSSR count). The van der Waals surface area contributed by atoms with Crippen LogP contribution in [0.4, 0.5) is 4.79 Å². The number of amides is 3. The van der Waals surface area contributed by atoms with E-state index in [0.717, 1.165) is 24.2 Å². The Labute approximate surface area is 195 Å². The lowest BCUT2D eigenvalue weighted by molar-refractivity contribution is -0.123. The molecule has 0 fully saturated rings. The molecule has 0 atom stereocenters. The van der Waals surface area contributed by atoms with Gasteiger partial charge in [-0.15, -0.1) is 5.10 Å². The minimum Gasteiger partial charge on any atom is -0.452 e. The topological polar surface area (TPSA) is 128 Å². The zero-order valence-corrected chi connectivity index (χ0v) is 19.6. The summed E-state index contributed by atoms with van der Waals surface area (Å²) in [5, 5.41) is 9.68. The number of urea groups is 1. The summed E-state index contributed by atoms with van der Waals surface area (Å²) in [4.78, 5) is 44.8. The lowest BCUT2D eigenvalue weighted by Crippen LogP contribution is -2.41. The van der Waals surface area contributed by atoms with Crippen molar-refractivity contribution in [2.45, 2.75) is 44.5 Å². The van der Waals surface area contributed by atoms with Crippen LogP contribution in [0.2, 0.25) is 0 Å². The second kappa shape index (κ2) is 11.4. The Kier molecular flexibility index (Phi) is 8.36. The molecule has 10 nitrogen and oxygen atoms in total. The SMILES string of the molecule is CCCCNC(=O)NC(=O)COC(=O)c1ccccc1CSc1nc2nc(C)cc(C)n2n1. The standard InChI is InChI=1S/C22H26N6O4S/c1-4-5-10-23-21(31)25-18(29)12-32-19(30)17-9-7-6-8-16(17)13-33-22-26-20-24-14(2)11-15(3)28(20)27-22/h6-9,11H,4-5,10,12-13H2,1-3H3,(H2,23,25,29,31). The number of aryl methyl sites for hydroxylation is 2. The number of aromatic nitrogens is 4. The van der Waals surface area contributed by atoms with Crippen molar-refractivity contribution in [3.63, 3.8) is 0 Å². The first-order valence-electron chi connectivity index (χ1n) is 10.5. The summed E-state index contributed by atoms with van der Waals surface area (Å²) in [6.07, 6.45) is 1.73. The van der Waals surface area contributed by atoms with Gasteiger partial charge in [-0.05, 0) is 38.0 Å². The van der Waals surface area contributed by atoms with E-state index < -0.39 is 24.5 Å². The van der Waals surface area contributed by atoms with Crippen LogP contribution in [0.3, 0.4) is 0 Å². The number of thioether (sulfide) groups is 1. The number of ether oxygens (including phenoxy) is 1. The van der Waals surface area contributed by atoms with E-state index in [2.05, 4.69) is 25.7 Å². The fraction of sp³-hybridized carbons (Fsp3) is 0.364. The van der Waals surface area contributed by atoms with Crippen LogP contribution in [0, 0.1) is 13.8 Å². The van der Waals surface area contributed by atoms with Crippen LogP contribution in [0.15, 0.2) is 35.5 Å². The number of carbonyl (C=O) groups is 3. The van der Waals surface area contributed by atoms with Gasteiger partial charge in [0.05, 0.1) is 5.56 Å². The minimum absolute atomic E-state index is 0.333. The molecule has 0 saturated heterocycles. The molecule has 174 valence electrons. The second-order valence-electron chi connectivity index (χ2n) is 7.32. The van der Waals surface area contributed by atoms with Crippen molar-refractivity contribution in [2.75, 3.05) is 13.2 Å². The number of hydrogen-bond donors (Lipinski definition) is 2. The monoisotopic (exact) mass is 470 g/mol. The first-order chi connectivity index (χ1) is 15.9. The smallest absolute Gasteiger partial charge is 0.338 e. The molecule has 0 radical (unpaired) electrons. The molecule has 2 N–H and O–H groups in total. The molecule has 0 unspecified atom stereocenters. The Bertz CT molecular complexity index is 1160. The summed E-state index contributed by atoms with van der Waals surface area (Å²) in [7, 11) is 0. The van der Waals surface area contributed by atoms with Gasteiger partial charge in [-0.25, -0.2) is 19.1 Å². The van der Waals surface area contributed by atoms with E-state index >= 15 is 0 Å². The Morgan fingerprint density at radius 3 is 2.73 bits per heavy atom. The number of benzene rings is 1. The quantitative estimate of drug-likeness (QED) is 0.278. The highest BCUT2D eigenvalue weighted by molar-refractivity contribution is 7.98. The van der Waals surface area contributed by atoms with Gasteiger partial charge in [0.15, 0.2) is 6.61 Å². The Morgan fingerprint density at radius 1 is 1.15 bits per heavy atom. The summed E-state index contributed by atoms with van der Waals surface area (Å²) in [6, 6.07) is 8.26. The molecular formula is C22H26N6O4S. The number of unbranched alkanes of at least 4 members (excludes halogenated alkanes) is 1. The molecule has 0 aliphatic carbocycles. The van der Waals surface area contributed by atoms with Gasteiger partial charge in [-0.3, -0.25) is 10.1 Å². The maximum Gasteiger partial charge on any atom is 0.338 e. The van der Waals surface area contributed by atoms with Gasteiger partial charge < -0.3 is 10.1 Å². The van der Waals surface area contributed by atoms with Crippen molar-refractivity contribution < 1.29 is 19.1 Å². The number of rotatable bonds is 9. The zero-order valence-electron chi connectivity index (χ0n) is 18.8. The van der Waals surface area contributed by atoms with E-state index in [-0.39, 0.29) is 0 Å². The minimum atomic E-state index is -0.698. The van der Waals surface area contributed by atoms with Crippen LogP contribution in [0.1, 0.15) is 47.1 Å². The summed E-state index contributed by atoms with van der Waals surface area (Å²) >= 11 is 1.36. The second-order valence-corrected chi connectivity index (χ2v) is 8.27. The van der Waals surface area contributed by atoms with Crippen LogP contribution in [0.5, 0.6) is 0 Å². The molecule has 3 amide bonds. The molecule has 0 aliphatic rings. The number of esters is 1. The van der Waals surface area contributed by atoms with Crippen LogP contribution in [-0.4, -0.2) is 50.6 Å². The Morgan fingerprint density at radius 2 is 1.94 bits per heavy atom. The molecule has 2 aromatic heterocycles. The average Bonchev–Trinajstić information content (AvgIpc) is 3.19. The third-order valence-electron chi connectivity index (χ3n) is 4.60. The van der Waals surface area contributed by atoms with Crippen LogP contribution in [-0.2, 0) is 15.3 Å². The normalized spacial score (nSPS) is 10.8. The molecule has 0 bridgehead atoms. The lowest BCUT2D eigenvalue weighted by atomic mass is 10.1. The van der Waals surface area contributed by atoms with E-state index in [1.807, 2.05) is 32.9 Å². The Balaban J connectivity index is 1.57. The van der Waals surface area contributed by atoms with Gasteiger partial charge in [0.2, 0.25) is 5.16 Å². The predicted octanol–water partition coefficient (Wildman–Crippen LogP) is 2.82. The van der Waals surface area contributed by atoms with Crippen LogP contribution in [0.25, 0.3) is 5.78 Å². The predicted molar refractivity (Wildman–Crippen MR) is 123 cm³/mol. The van der Waals surface area contributed by atoms with Crippen molar-refractivity contribution in [1.82, 2.24) is 30.2 Å². The summed E-state index contributed by atoms with van der Waals surface area (Å²) < 4.78 is 6.77. The number of fused-ring (bicyclic) bond motifs is 1. The number of imide groups is 1. The molecule has 11 heteroatoms. The fourth-order valence-electron chi connectivity index (χ4n) is 2.99. The molecule has 3 aromatic rings. The summed E-state index contributed by atoms with van der Waals surface area (Å²) in [5.74, 6) is -0.404. The van der Waals surface area contributed by atoms with Gasteiger partial charge in [-0.2, -0.15) is 4.98 Å². The maximum atomic E-state index is 12.5. The molecule has 0 saturated carbocycles. The van der Waals surface area contributed by atoms with Crippen molar-refractivity contribution >= 4 is 35.4 Å². The highest BCUT2D eigenvalue weighted by Crippen LogP contribution is 2.23. The van der Waals surface area contributed by atoms with Crippen LogP contribution < -0.4 is 10.6 Å². The van der Waals surface area contributed by atoms with E-state index in [1.54, 1.807) is 22.7 Å². The van der Waals surface area contributed by atoms with Crippen LogP contribution >= 0.6 is 11.8 Å². The van der Waals surface area contributed by atoms with Gasteiger partial charge in [0.25, 0.3) is 11.7 Å². The number of hydrogen-bond acceptors (Lipinski definition) is 8. The highest BCUT2D eigenvalue weighted by atomic mass is 32.2.